The maximum absolute atomic E-state index is 13.4. The molecule has 0 aliphatic rings. The highest BCUT2D eigenvalue weighted by Crippen LogP contribution is 2.27. The van der Waals surface area contributed by atoms with Crippen LogP contribution >= 0.6 is 0 Å². The SMILES string of the molecule is Fc1ccc(-c2nc(-c3ccccc3)nc(-c3ccc(-c4ccccc4)cc3)n2)cc1. The normalized spacial score (nSPS) is 10.7. The molecule has 1 aromatic heterocycles. The van der Waals surface area contributed by atoms with Gasteiger partial charge in [-0.1, -0.05) is 84.9 Å². The second kappa shape index (κ2) is 8.28. The molecule has 31 heavy (non-hydrogen) atoms. The summed E-state index contributed by atoms with van der Waals surface area (Å²) >= 11 is 0. The number of benzene rings is 4. The fourth-order valence-electron chi connectivity index (χ4n) is 3.39. The zero-order chi connectivity index (χ0) is 21.0. The Hall–Kier alpha value is -4.18. The largest absolute Gasteiger partial charge is 0.208 e. The van der Waals surface area contributed by atoms with Crippen molar-refractivity contribution in [3.63, 3.8) is 0 Å². The van der Waals surface area contributed by atoms with E-state index in [2.05, 4.69) is 34.2 Å². The molecule has 0 amide bonds. The number of hydrogen-bond donors (Lipinski definition) is 0. The Labute approximate surface area is 179 Å². The summed E-state index contributed by atoms with van der Waals surface area (Å²) in [5.41, 5.74) is 4.81. The van der Waals surface area contributed by atoms with Gasteiger partial charge in [0.25, 0.3) is 0 Å². The maximum Gasteiger partial charge on any atom is 0.164 e. The van der Waals surface area contributed by atoms with Gasteiger partial charge in [-0.3, -0.25) is 0 Å². The van der Waals surface area contributed by atoms with Crippen LogP contribution in [0.3, 0.4) is 0 Å². The minimum atomic E-state index is -0.294. The van der Waals surface area contributed by atoms with E-state index in [1.54, 1.807) is 12.1 Å². The minimum absolute atomic E-state index is 0.294. The third-order valence-electron chi connectivity index (χ3n) is 5.02. The molecule has 0 saturated carbocycles. The van der Waals surface area contributed by atoms with E-state index in [0.29, 0.717) is 17.5 Å². The molecule has 5 aromatic rings. The number of rotatable bonds is 4. The molecule has 1 heterocycles. The third-order valence-corrected chi connectivity index (χ3v) is 5.02. The van der Waals surface area contributed by atoms with Gasteiger partial charge in [-0.2, -0.15) is 0 Å². The first-order chi connectivity index (χ1) is 15.3. The summed E-state index contributed by atoms with van der Waals surface area (Å²) in [6.45, 7) is 0. The summed E-state index contributed by atoms with van der Waals surface area (Å²) < 4.78 is 13.4. The van der Waals surface area contributed by atoms with Crippen LogP contribution in [-0.2, 0) is 0 Å². The molecule has 0 aliphatic heterocycles. The van der Waals surface area contributed by atoms with Crippen LogP contribution in [0.2, 0.25) is 0 Å². The van der Waals surface area contributed by atoms with E-state index < -0.39 is 0 Å². The molecule has 0 fully saturated rings. The van der Waals surface area contributed by atoms with Gasteiger partial charge in [-0.05, 0) is 35.4 Å². The molecule has 0 radical (unpaired) electrons. The topological polar surface area (TPSA) is 38.7 Å². The predicted molar refractivity (Wildman–Crippen MR) is 122 cm³/mol. The molecule has 4 heteroatoms. The highest BCUT2D eigenvalue weighted by molar-refractivity contribution is 5.70. The smallest absolute Gasteiger partial charge is 0.164 e. The van der Waals surface area contributed by atoms with Crippen molar-refractivity contribution in [2.24, 2.45) is 0 Å². The summed E-state index contributed by atoms with van der Waals surface area (Å²) in [6, 6.07) is 34.3. The molecule has 0 spiro atoms. The summed E-state index contributed by atoms with van der Waals surface area (Å²) in [5.74, 6) is 1.37. The Balaban J connectivity index is 1.60. The zero-order valence-corrected chi connectivity index (χ0v) is 16.6. The van der Waals surface area contributed by atoms with Crippen LogP contribution in [0.25, 0.3) is 45.3 Å². The fraction of sp³-hybridized carbons (Fsp3) is 0. The van der Waals surface area contributed by atoms with Crippen molar-refractivity contribution in [1.29, 1.82) is 0 Å². The van der Waals surface area contributed by atoms with Gasteiger partial charge in [0, 0.05) is 16.7 Å². The Morgan fingerprint density at radius 3 is 1.16 bits per heavy atom. The van der Waals surface area contributed by atoms with Crippen LogP contribution in [0.15, 0.2) is 109 Å². The van der Waals surface area contributed by atoms with Gasteiger partial charge in [-0.15, -0.1) is 0 Å². The fourth-order valence-corrected chi connectivity index (χ4v) is 3.39. The van der Waals surface area contributed by atoms with Gasteiger partial charge in [0.2, 0.25) is 0 Å². The Bertz CT molecular complexity index is 1300. The Morgan fingerprint density at radius 1 is 0.355 bits per heavy atom. The highest BCUT2D eigenvalue weighted by atomic mass is 19.1. The van der Waals surface area contributed by atoms with Crippen LogP contribution < -0.4 is 0 Å². The van der Waals surface area contributed by atoms with E-state index in [9.17, 15) is 4.39 Å². The average molecular weight is 403 g/mol. The second-order valence-electron chi connectivity index (χ2n) is 7.12. The van der Waals surface area contributed by atoms with E-state index in [-0.39, 0.29) is 5.82 Å². The summed E-state index contributed by atoms with van der Waals surface area (Å²) in [7, 11) is 0. The molecular formula is C27H18FN3. The van der Waals surface area contributed by atoms with E-state index >= 15 is 0 Å². The van der Waals surface area contributed by atoms with Crippen molar-refractivity contribution in [2.45, 2.75) is 0 Å². The van der Waals surface area contributed by atoms with Crippen LogP contribution in [0.5, 0.6) is 0 Å². The first kappa shape index (κ1) is 18.8. The lowest BCUT2D eigenvalue weighted by Gasteiger charge is -2.09. The maximum atomic E-state index is 13.4. The van der Waals surface area contributed by atoms with Crippen molar-refractivity contribution < 1.29 is 4.39 Å². The number of aromatic nitrogens is 3. The number of halogens is 1. The van der Waals surface area contributed by atoms with Crippen LogP contribution in [0, 0.1) is 5.82 Å². The van der Waals surface area contributed by atoms with E-state index in [4.69, 9.17) is 4.98 Å². The second-order valence-corrected chi connectivity index (χ2v) is 7.12. The van der Waals surface area contributed by atoms with Crippen molar-refractivity contribution in [3.05, 3.63) is 115 Å². The van der Waals surface area contributed by atoms with Crippen molar-refractivity contribution >= 4 is 0 Å². The molecular weight excluding hydrogens is 385 g/mol. The van der Waals surface area contributed by atoms with E-state index in [1.165, 1.54) is 12.1 Å². The molecule has 0 atom stereocenters. The molecule has 5 rings (SSSR count). The van der Waals surface area contributed by atoms with Crippen LogP contribution in [-0.4, -0.2) is 15.0 Å². The molecule has 0 saturated heterocycles. The van der Waals surface area contributed by atoms with Crippen molar-refractivity contribution in [1.82, 2.24) is 15.0 Å². The highest BCUT2D eigenvalue weighted by Gasteiger charge is 2.12. The number of nitrogens with zero attached hydrogens (tertiary/aromatic N) is 3. The molecule has 0 aliphatic carbocycles. The molecule has 3 nitrogen and oxygen atoms in total. The van der Waals surface area contributed by atoms with E-state index in [1.807, 2.05) is 60.7 Å². The lowest BCUT2D eigenvalue weighted by molar-refractivity contribution is 0.628. The van der Waals surface area contributed by atoms with Crippen molar-refractivity contribution in [3.8, 4) is 45.3 Å². The zero-order valence-electron chi connectivity index (χ0n) is 16.6. The summed E-state index contributed by atoms with van der Waals surface area (Å²) in [6.07, 6.45) is 0. The van der Waals surface area contributed by atoms with Crippen LogP contribution in [0.4, 0.5) is 4.39 Å². The standard InChI is InChI=1S/C27H18FN3/c28-24-17-15-23(16-18-24)27-30-25(21-9-5-2-6-10-21)29-26(31-27)22-13-11-20(12-14-22)19-7-3-1-4-8-19/h1-18H. The molecule has 148 valence electrons. The number of hydrogen-bond acceptors (Lipinski definition) is 3. The Morgan fingerprint density at radius 2 is 0.677 bits per heavy atom. The van der Waals surface area contributed by atoms with E-state index in [0.717, 1.165) is 27.8 Å². The van der Waals surface area contributed by atoms with Gasteiger partial charge in [-0.25, -0.2) is 19.3 Å². The molecule has 0 N–H and O–H groups in total. The quantitative estimate of drug-likeness (QED) is 0.336. The lowest BCUT2D eigenvalue weighted by atomic mass is 10.0. The summed E-state index contributed by atoms with van der Waals surface area (Å²) in [5, 5.41) is 0. The van der Waals surface area contributed by atoms with Gasteiger partial charge in [0.05, 0.1) is 0 Å². The first-order valence-corrected chi connectivity index (χ1v) is 9.99. The summed E-state index contributed by atoms with van der Waals surface area (Å²) in [4.78, 5) is 14.1. The van der Waals surface area contributed by atoms with Gasteiger partial charge >= 0.3 is 0 Å². The minimum Gasteiger partial charge on any atom is -0.208 e. The lowest BCUT2D eigenvalue weighted by Crippen LogP contribution is -2.00. The molecule has 4 aromatic carbocycles. The Kier molecular flexibility index (Phi) is 5.03. The average Bonchev–Trinajstić information content (AvgIpc) is 2.85. The van der Waals surface area contributed by atoms with Crippen molar-refractivity contribution in [2.75, 3.05) is 0 Å². The predicted octanol–water partition coefficient (Wildman–Crippen LogP) is 6.68. The first-order valence-electron chi connectivity index (χ1n) is 9.99. The molecule has 0 unspecified atom stereocenters. The van der Waals surface area contributed by atoms with Gasteiger partial charge in [0.1, 0.15) is 5.82 Å². The van der Waals surface area contributed by atoms with Crippen LogP contribution in [0.1, 0.15) is 0 Å². The monoisotopic (exact) mass is 403 g/mol. The third kappa shape index (κ3) is 4.09. The molecule has 0 bridgehead atoms. The van der Waals surface area contributed by atoms with Gasteiger partial charge in [0.15, 0.2) is 17.5 Å². The van der Waals surface area contributed by atoms with Gasteiger partial charge < -0.3 is 0 Å².